The summed E-state index contributed by atoms with van der Waals surface area (Å²) in [5.41, 5.74) is -0.864. The molecule has 1 N–H and O–H groups in total. The zero-order valence-corrected chi connectivity index (χ0v) is 17.8. The van der Waals surface area contributed by atoms with Crippen molar-refractivity contribution in [2.24, 2.45) is 0 Å². The molecule has 1 saturated heterocycles. The molecule has 5 nitrogen and oxygen atoms in total. The number of carbonyl (C=O) groups is 2. The van der Waals surface area contributed by atoms with Gasteiger partial charge in [-0.15, -0.1) is 0 Å². The van der Waals surface area contributed by atoms with Crippen LogP contribution < -0.4 is 5.32 Å². The summed E-state index contributed by atoms with van der Waals surface area (Å²) in [6, 6.07) is -0.276. The number of amides is 3. The van der Waals surface area contributed by atoms with Crippen LogP contribution in [0.4, 0.5) is 4.79 Å². The Morgan fingerprint density at radius 2 is 1.72 bits per heavy atom. The second-order valence-electron chi connectivity index (χ2n) is 7.96. The Bertz CT molecular complexity index is 473. The van der Waals surface area contributed by atoms with Crippen molar-refractivity contribution in [3.63, 3.8) is 0 Å². The number of urea groups is 1. The molecule has 146 valence electrons. The van der Waals surface area contributed by atoms with E-state index in [0.29, 0.717) is 6.54 Å². The van der Waals surface area contributed by atoms with Gasteiger partial charge in [0.15, 0.2) is 0 Å². The Morgan fingerprint density at radius 3 is 2.16 bits per heavy atom. The number of imide groups is 1. The number of carbonyl (C=O) groups excluding carboxylic acids is 2. The van der Waals surface area contributed by atoms with Crippen LogP contribution in [0.5, 0.6) is 0 Å². The highest BCUT2D eigenvalue weighted by Gasteiger charge is 2.44. The van der Waals surface area contributed by atoms with Crippen molar-refractivity contribution in [1.82, 2.24) is 10.2 Å². The van der Waals surface area contributed by atoms with Crippen LogP contribution in [0.25, 0.3) is 0 Å². The highest BCUT2D eigenvalue weighted by Crippen LogP contribution is 2.36. The lowest BCUT2D eigenvalue weighted by Gasteiger charge is -2.33. The van der Waals surface area contributed by atoms with Crippen molar-refractivity contribution in [3.8, 4) is 0 Å². The van der Waals surface area contributed by atoms with Crippen molar-refractivity contribution < 1.29 is 14.3 Å². The first kappa shape index (κ1) is 22.3. The van der Waals surface area contributed by atoms with Crippen LogP contribution in [0.1, 0.15) is 74.1 Å². The molecule has 1 heterocycles. The van der Waals surface area contributed by atoms with Gasteiger partial charge in [0, 0.05) is 23.7 Å². The largest absolute Gasteiger partial charge is 0.376 e. The lowest BCUT2D eigenvalue weighted by atomic mass is 9.98. The zero-order chi connectivity index (χ0) is 19.3. The van der Waals surface area contributed by atoms with Gasteiger partial charge in [0.2, 0.25) is 0 Å². The Balaban J connectivity index is 2.55. The van der Waals surface area contributed by atoms with Gasteiger partial charge < -0.3 is 10.1 Å². The van der Waals surface area contributed by atoms with E-state index < -0.39 is 5.54 Å². The third-order valence-corrected chi connectivity index (χ3v) is 7.14. The SMILES string of the molecule is CCC(C)(C)OCCC(CC)(CC)SCCN1C(=O)NC(C)(C)C1=O. The van der Waals surface area contributed by atoms with Crippen LogP contribution in [-0.2, 0) is 9.53 Å². The van der Waals surface area contributed by atoms with Gasteiger partial charge in [-0.05, 0) is 53.4 Å². The normalized spacial score (nSPS) is 18.0. The second kappa shape index (κ2) is 8.76. The average Bonchev–Trinajstić information content (AvgIpc) is 2.74. The fraction of sp³-hybridized carbons (Fsp3) is 0.895. The predicted molar refractivity (Wildman–Crippen MR) is 105 cm³/mol. The van der Waals surface area contributed by atoms with Crippen molar-refractivity contribution in [2.45, 2.75) is 90.0 Å². The summed E-state index contributed by atoms with van der Waals surface area (Å²) in [6.07, 6.45) is 4.08. The van der Waals surface area contributed by atoms with E-state index in [0.717, 1.165) is 38.0 Å². The smallest absolute Gasteiger partial charge is 0.325 e. The minimum absolute atomic E-state index is 0.0798. The first-order valence-electron chi connectivity index (χ1n) is 9.44. The van der Waals surface area contributed by atoms with Crippen LogP contribution in [0, 0.1) is 0 Å². The molecular weight excluding hydrogens is 336 g/mol. The summed E-state index contributed by atoms with van der Waals surface area (Å²) in [4.78, 5) is 25.6. The number of nitrogens with one attached hydrogen (secondary N) is 1. The van der Waals surface area contributed by atoms with E-state index in [2.05, 4.69) is 39.9 Å². The van der Waals surface area contributed by atoms with Crippen LogP contribution in [0.2, 0.25) is 0 Å². The number of hydrogen-bond donors (Lipinski definition) is 1. The van der Waals surface area contributed by atoms with Crippen LogP contribution in [0.3, 0.4) is 0 Å². The van der Waals surface area contributed by atoms with E-state index in [9.17, 15) is 9.59 Å². The van der Waals surface area contributed by atoms with Gasteiger partial charge in [-0.1, -0.05) is 20.8 Å². The third kappa shape index (κ3) is 5.88. The lowest BCUT2D eigenvalue weighted by molar-refractivity contribution is -0.130. The number of ether oxygens (including phenoxy) is 1. The first-order valence-corrected chi connectivity index (χ1v) is 10.4. The maximum atomic E-state index is 12.3. The molecule has 0 aliphatic carbocycles. The van der Waals surface area contributed by atoms with Crippen molar-refractivity contribution in [1.29, 1.82) is 0 Å². The van der Waals surface area contributed by atoms with Crippen LogP contribution >= 0.6 is 11.8 Å². The summed E-state index contributed by atoms with van der Waals surface area (Å²) >= 11 is 1.86. The van der Waals surface area contributed by atoms with Crippen molar-refractivity contribution in [3.05, 3.63) is 0 Å². The van der Waals surface area contributed by atoms with Gasteiger partial charge in [0.05, 0.1) is 5.60 Å². The van der Waals surface area contributed by atoms with E-state index in [-0.39, 0.29) is 22.3 Å². The van der Waals surface area contributed by atoms with E-state index in [1.165, 1.54) is 4.90 Å². The predicted octanol–water partition coefficient (Wildman–Crippen LogP) is 4.20. The molecule has 1 aliphatic rings. The number of rotatable bonds is 11. The molecule has 0 saturated carbocycles. The average molecular weight is 373 g/mol. The fourth-order valence-electron chi connectivity index (χ4n) is 2.87. The highest BCUT2D eigenvalue weighted by atomic mass is 32.2. The van der Waals surface area contributed by atoms with E-state index in [1.54, 1.807) is 13.8 Å². The molecule has 1 rings (SSSR count). The summed E-state index contributed by atoms with van der Waals surface area (Å²) < 4.78 is 6.17. The monoisotopic (exact) mass is 372 g/mol. The minimum atomic E-state index is -0.784. The van der Waals surface area contributed by atoms with Gasteiger partial charge in [0.1, 0.15) is 5.54 Å². The molecule has 0 bridgehead atoms. The van der Waals surface area contributed by atoms with Crippen LogP contribution in [0.15, 0.2) is 0 Å². The zero-order valence-electron chi connectivity index (χ0n) is 17.0. The molecular formula is C19H36N2O3S. The van der Waals surface area contributed by atoms with Crippen LogP contribution in [-0.4, -0.2) is 51.6 Å². The third-order valence-electron chi connectivity index (χ3n) is 5.36. The highest BCUT2D eigenvalue weighted by molar-refractivity contribution is 8.00. The fourth-order valence-corrected chi connectivity index (χ4v) is 4.21. The molecule has 0 atom stereocenters. The Morgan fingerprint density at radius 1 is 1.12 bits per heavy atom. The minimum Gasteiger partial charge on any atom is -0.376 e. The van der Waals surface area contributed by atoms with Gasteiger partial charge in [-0.3, -0.25) is 9.69 Å². The molecule has 25 heavy (non-hydrogen) atoms. The summed E-state index contributed by atoms with van der Waals surface area (Å²) in [5.74, 6) is 0.624. The quantitative estimate of drug-likeness (QED) is 0.552. The molecule has 0 aromatic rings. The second-order valence-corrected chi connectivity index (χ2v) is 9.53. The molecule has 0 radical (unpaired) electrons. The Kier molecular flexibility index (Phi) is 7.81. The molecule has 1 aliphatic heterocycles. The molecule has 0 aromatic carbocycles. The van der Waals surface area contributed by atoms with Gasteiger partial charge in [0.25, 0.3) is 5.91 Å². The summed E-state index contributed by atoms with van der Waals surface area (Å²) in [5, 5.41) is 2.73. The van der Waals surface area contributed by atoms with E-state index >= 15 is 0 Å². The van der Waals surface area contributed by atoms with Gasteiger partial charge >= 0.3 is 6.03 Å². The standard InChI is InChI=1S/C19H36N2O3S/c1-8-17(4,5)24-13-11-19(9-2,10-3)25-14-12-21-15(22)18(6,7)20-16(21)23/h8-14H2,1-7H3,(H,20,23). The Hall–Kier alpha value is -0.750. The first-order chi connectivity index (χ1) is 11.5. The van der Waals surface area contributed by atoms with E-state index in [4.69, 9.17) is 4.74 Å². The van der Waals surface area contributed by atoms with E-state index in [1.807, 2.05) is 11.8 Å². The molecule has 3 amide bonds. The lowest BCUT2D eigenvalue weighted by Crippen LogP contribution is -2.40. The topological polar surface area (TPSA) is 58.6 Å². The maximum Gasteiger partial charge on any atom is 0.325 e. The number of thioether (sulfide) groups is 1. The Labute approximate surface area is 157 Å². The summed E-state index contributed by atoms with van der Waals surface area (Å²) in [7, 11) is 0. The molecule has 1 fully saturated rings. The van der Waals surface area contributed by atoms with Crippen molar-refractivity contribution >= 4 is 23.7 Å². The number of nitrogens with zero attached hydrogens (tertiary/aromatic N) is 1. The number of hydrogen-bond acceptors (Lipinski definition) is 4. The maximum absolute atomic E-state index is 12.3. The molecule has 6 heteroatoms. The van der Waals surface area contributed by atoms with Gasteiger partial charge in [-0.2, -0.15) is 11.8 Å². The van der Waals surface area contributed by atoms with Gasteiger partial charge in [-0.25, -0.2) is 4.79 Å². The molecule has 0 unspecified atom stereocenters. The molecule has 0 aromatic heterocycles. The van der Waals surface area contributed by atoms with Crippen molar-refractivity contribution in [2.75, 3.05) is 18.9 Å². The molecule has 0 spiro atoms. The summed E-state index contributed by atoms with van der Waals surface area (Å²) in [6.45, 7) is 15.5.